The van der Waals surface area contributed by atoms with E-state index in [4.69, 9.17) is 16.6 Å². The summed E-state index contributed by atoms with van der Waals surface area (Å²) >= 11 is 7.93. The van der Waals surface area contributed by atoms with Gasteiger partial charge in [-0.15, -0.1) is 11.3 Å². The van der Waals surface area contributed by atoms with E-state index in [1.54, 1.807) is 11.3 Å². The van der Waals surface area contributed by atoms with Crippen molar-refractivity contribution in [2.45, 2.75) is 12.5 Å². The van der Waals surface area contributed by atoms with Crippen LogP contribution >= 0.6 is 22.9 Å². The molecule has 158 valence electrons. The molecule has 0 fully saturated rings. The fraction of sp³-hybridized carbons (Fsp3) is 0.111. The Morgan fingerprint density at radius 3 is 2.56 bits per heavy atom. The first-order valence-corrected chi connectivity index (χ1v) is 11.6. The minimum atomic E-state index is -0.0588. The Morgan fingerprint density at radius 1 is 1.03 bits per heavy atom. The molecule has 0 radical (unpaired) electrons. The third kappa shape index (κ3) is 3.88. The van der Waals surface area contributed by atoms with Crippen LogP contribution in [-0.4, -0.2) is 22.3 Å². The summed E-state index contributed by atoms with van der Waals surface area (Å²) in [4.78, 5) is 20.2. The number of pyridine rings is 1. The maximum atomic E-state index is 12.5. The van der Waals surface area contributed by atoms with Crippen molar-refractivity contribution >= 4 is 28.8 Å². The van der Waals surface area contributed by atoms with Crippen LogP contribution in [0.1, 0.15) is 21.9 Å². The summed E-state index contributed by atoms with van der Waals surface area (Å²) in [5.41, 5.74) is 6.57. The summed E-state index contributed by atoms with van der Waals surface area (Å²) in [5, 5.41) is 0. The molecule has 1 atom stereocenters. The molecule has 4 aromatic rings. The standard InChI is InChI=1S/C27H21ClN2OS/c1-2-27(31)30-16-23(22-14-26(28)32-25(22)17-30)21-11-7-6-10-20(21)19-12-13-24(29-15-19)18-8-4-3-5-9-18/h2-15,23H,1,16-17H2/t23-/m0/s1. The van der Waals surface area contributed by atoms with Crippen LogP contribution in [0.15, 0.2) is 91.6 Å². The lowest BCUT2D eigenvalue weighted by Crippen LogP contribution is -2.37. The number of nitrogens with zero attached hydrogens (tertiary/aromatic N) is 2. The number of amides is 1. The van der Waals surface area contributed by atoms with E-state index in [0.717, 1.165) is 31.6 Å². The molecule has 5 rings (SSSR count). The number of rotatable bonds is 4. The number of carbonyl (C=O) groups excluding carboxylic acids is 1. The predicted molar refractivity (Wildman–Crippen MR) is 132 cm³/mol. The van der Waals surface area contributed by atoms with Gasteiger partial charge in [-0.1, -0.05) is 78.8 Å². The summed E-state index contributed by atoms with van der Waals surface area (Å²) in [6.07, 6.45) is 3.31. The Morgan fingerprint density at radius 2 is 1.81 bits per heavy atom. The first kappa shape index (κ1) is 20.7. The Kier molecular flexibility index (Phi) is 5.64. The highest BCUT2D eigenvalue weighted by atomic mass is 35.5. The smallest absolute Gasteiger partial charge is 0.246 e. The Balaban J connectivity index is 1.56. The molecule has 0 aliphatic carbocycles. The number of fused-ring (bicyclic) bond motifs is 1. The second kappa shape index (κ2) is 8.73. The summed E-state index contributed by atoms with van der Waals surface area (Å²) < 4.78 is 0.749. The van der Waals surface area contributed by atoms with Gasteiger partial charge in [-0.3, -0.25) is 9.78 Å². The highest BCUT2D eigenvalue weighted by Crippen LogP contribution is 2.42. The lowest BCUT2D eigenvalue weighted by atomic mass is 9.84. The van der Waals surface area contributed by atoms with Crippen LogP contribution in [0.5, 0.6) is 0 Å². The third-order valence-electron chi connectivity index (χ3n) is 5.89. The minimum absolute atomic E-state index is 0.0383. The first-order valence-electron chi connectivity index (χ1n) is 10.4. The molecule has 3 nitrogen and oxygen atoms in total. The van der Waals surface area contributed by atoms with Crippen molar-refractivity contribution in [2.24, 2.45) is 0 Å². The van der Waals surface area contributed by atoms with Gasteiger partial charge in [0, 0.05) is 34.7 Å². The van der Waals surface area contributed by atoms with Crippen LogP contribution in [-0.2, 0) is 11.3 Å². The Labute approximate surface area is 196 Å². The second-order valence-corrected chi connectivity index (χ2v) is 9.56. The molecule has 32 heavy (non-hydrogen) atoms. The lowest BCUT2D eigenvalue weighted by molar-refractivity contribution is -0.127. The largest absolute Gasteiger partial charge is 0.333 e. The van der Waals surface area contributed by atoms with Crippen molar-refractivity contribution in [1.29, 1.82) is 0 Å². The van der Waals surface area contributed by atoms with Crippen molar-refractivity contribution in [2.75, 3.05) is 6.54 Å². The molecule has 2 aromatic carbocycles. The SMILES string of the molecule is C=CC(=O)N1Cc2sc(Cl)cc2[C@H](c2ccccc2-c2ccc(-c3ccccc3)nc2)C1. The maximum absolute atomic E-state index is 12.5. The van der Waals surface area contributed by atoms with Gasteiger partial charge in [0.25, 0.3) is 0 Å². The molecule has 0 bridgehead atoms. The van der Waals surface area contributed by atoms with Crippen LogP contribution in [0.3, 0.4) is 0 Å². The van der Waals surface area contributed by atoms with Crippen LogP contribution in [0.2, 0.25) is 4.34 Å². The number of halogens is 1. The van der Waals surface area contributed by atoms with Gasteiger partial charge in [0.15, 0.2) is 0 Å². The lowest BCUT2D eigenvalue weighted by Gasteiger charge is -2.33. The van der Waals surface area contributed by atoms with Crippen molar-refractivity contribution in [3.8, 4) is 22.4 Å². The molecule has 5 heteroatoms. The molecule has 1 aliphatic heterocycles. The molecular weight excluding hydrogens is 436 g/mol. The second-order valence-electron chi connectivity index (χ2n) is 7.79. The molecule has 1 aliphatic rings. The van der Waals surface area contributed by atoms with E-state index in [1.165, 1.54) is 17.2 Å². The van der Waals surface area contributed by atoms with Gasteiger partial charge < -0.3 is 4.90 Å². The average Bonchev–Trinajstić information content (AvgIpc) is 3.23. The van der Waals surface area contributed by atoms with Crippen molar-refractivity contribution in [3.63, 3.8) is 0 Å². The van der Waals surface area contributed by atoms with Gasteiger partial charge in [0.2, 0.25) is 5.91 Å². The van der Waals surface area contributed by atoms with Crippen LogP contribution in [0.25, 0.3) is 22.4 Å². The van der Waals surface area contributed by atoms with Gasteiger partial charge >= 0.3 is 0 Å². The number of hydrogen-bond donors (Lipinski definition) is 0. The zero-order chi connectivity index (χ0) is 22.1. The summed E-state index contributed by atoms with van der Waals surface area (Å²) in [5.74, 6) is -0.0204. The minimum Gasteiger partial charge on any atom is -0.333 e. The molecule has 1 amide bonds. The highest BCUT2D eigenvalue weighted by Gasteiger charge is 2.31. The van der Waals surface area contributed by atoms with Gasteiger partial charge in [-0.25, -0.2) is 0 Å². The molecule has 3 heterocycles. The van der Waals surface area contributed by atoms with E-state index in [1.807, 2.05) is 41.4 Å². The zero-order valence-corrected chi connectivity index (χ0v) is 18.9. The molecule has 0 saturated carbocycles. The van der Waals surface area contributed by atoms with Crippen molar-refractivity contribution < 1.29 is 4.79 Å². The summed E-state index contributed by atoms with van der Waals surface area (Å²) in [6.45, 7) is 4.84. The monoisotopic (exact) mass is 456 g/mol. The fourth-order valence-corrected chi connectivity index (χ4v) is 5.70. The Hall–Kier alpha value is -3.21. The number of aromatic nitrogens is 1. The third-order valence-corrected chi connectivity index (χ3v) is 7.16. The van der Waals surface area contributed by atoms with Crippen LogP contribution < -0.4 is 0 Å². The van der Waals surface area contributed by atoms with Gasteiger partial charge in [0.05, 0.1) is 16.6 Å². The average molecular weight is 457 g/mol. The number of carbonyl (C=O) groups is 1. The van der Waals surface area contributed by atoms with E-state index < -0.39 is 0 Å². The Bertz CT molecular complexity index is 1280. The van der Waals surface area contributed by atoms with E-state index in [0.29, 0.717) is 13.1 Å². The zero-order valence-electron chi connectivity index (χ0n) is 17.4. The molecular formula is C27H21ClN2OS. The highest BCUT2D eigenvalue weighted by molar-refractivity contribution is 7.16. The molecule has 0 unspecified atom stereocenters. The predicted octanol–water partition coefficient (Wildman–Crippen LogP) is 6.79. The van der Waals surface area contributed by atoms with E-state index >= 15 is 0 Å². The molecule has 2 aromatic heterocycles. The summed E-state index contributed by atoms with van der Waals surface area (Å²) in [7, 11) is 0. The fourth-order valence-electron chi connectivity index (χ4n) is 4.34. The van der Waals surface area contributed by atoms with Crippen molar-refractivity contribution in [1.82, 2.24) is 9.88 Å². The topological polar surface area (TPSA) is 33.2 Å². The van der Waals surface area contributed by atoms with Gasteiger partial charge in [-0.2, -0.15) is 0 Å². The number of benzene rings is 2. The first-order chi connectivity index (χ1) is 15.6. The summed E-state index contributed by atoms with van der Waals surface area (Å²) in [6, 6.07) is 24.7. The maximum Gasteiger partial charge on any atom is 0.246 e. The van der Waals surface area contributed by atoms with Gasteiger partial charge in [-0.05, 0) is 34.9 Å². The van der Waals surface area contributed by atoms with Crippen molar-refractivity contribution in [3.05, 3.63) is 112 Å². The normalized spacial score (nSPS) is 15.3. The molecule has 0 saturated heterocycles. The van der Waals surface area contributed by atoms with Crippen LogP contribution in [0.4, 0.5) is 0 Å². The van der Waals surface area contributed by atoms with E-state index in [2.05, 4.69) is 49.0 Å². The number of thiophene rings is 1. The quantitative estimate of drug-likeness (QED) is 0.317. The van der Waals surface area contributed by atoms with E-state index in [-0.39, 0.29) is 11.8 Å². The van der Waals surface area contributed by atoms with Crippen LogP contribution in [0, 0.1) is 0 Å². The van der Waals surface area contributed by atoms with Gasteiger partial charge in [0.1, 0.15) is 0 Å². The number of hydrogen-bond acceptors (Lipinski definition) is 3. The molecule has 0 N–H and O–H groups in total. The molecule has 0 spiro atoms. The van der Waals surface area contributed by atoms with E-state index in [9.17, 15) is 4.79 Å².